The van der Waals surface area contributed by atoms with E-state index >= 15 is 0 Å². The Balaban J connectivity index is 1.70. The van der Waals surface area contributed by atoms with Gasteiger partial charge in [-0.1, -0.05) is 11.2 Å². The molecule has 3 heterocycles. The van der Waals surface area contributed by atoms with Gasteiger partial charge < -0.3 is 9.84 Å². The van der Waals surface area contributed by atoms with Crippen LogP contribution < -0.4 is 10.6 Å². The summed E-state index contributed by atoms with van der Waals surface area (Å²) in [5.41, 5.74) is 1.88. The number of rotatable bonds is 5. The number of nitrogens with one attached hydrogen (secondary N) is 2. The molecule has 0 saturated heterocycles. The highest BCUT2D eigenvalue weighted by Gasteiger charge is 2.21. The molecule has 0 radical (unpaired) electrons. The summed E-state index contributed by atoms with van der Waals surface area (Å²) in [5, 5.41) is 15.0. The lowest BCUT2D eigenvalue weighted by Gasteiger charge is -2.18. The van der Waals surface area contributed by atoms with Crippen molar-refractivity contribution < 1.29 is 14.1 Å². The number of aryl methyl sites for hydroxylation is 2. The molecule has 2 N–H and O–H groups in total. The van der Waals surface area contributed by atoms with E-state index in [1.54, 1.807) is 11.3 Å². The first-order valence-corrected chi connectivity index (χ1v) is 8.48. The van der Waals surface area contributed by atoms with Crippen molar-refractivity contribution >= 4 is 29.0 Å². The molecular weight excluding hydrogens is 342 g/mol. The summed E-state index contributed by atoms with van der Waals surface area (Å²) in [6, 6.07) is 7.16. The third-order valence-corrected chi connectivity index (χ3v) is 4.53. The zero-order chi connectivity index (χ0) is 17.8. The van der Waals surface area contributed by atoms with E-state index in [-0.39, 0.29) is 18.4 Å². The SMILES string of the molecule is Cc1cc(C)n([C@@H](CNC(=O)C(=O)Nc2ccon2)c2cccs2)n1. The molecule has 1 atom stereocenters. The second-order valence-corrected chi connectivity index (χ2v) is 6.43. The first-order chi connectivity index (χ1) is 12.0. The molecule has 9 heteroatoms. The molecule has 8 nitrogen and oxygen atoms in total. The van der Waals surface area contributed by atoms with Crippen LogP contribution in [0.25, 0.3) is 0 Å². The zero-order valence-electron chi connectivity index (χ0n) is 13.7. The number of aromatic nitrogens is 3. The predicted octanol–water partition coefficient (Wildman–Crippen LogP) is 1.89. The minimum Gasteiger partial charge on any atom is -0.363 e. The minimum atomic E-state index is -0.799. The van der Waals surface area contributed by atoms with Crippen LogP contribution in [-0.2, 0) is 9.59 Å². The van der Waals surface area contributed by atoms with Crippen LogP contribution in [0.2, 0.25) is 0 Å². The molecule has 0 fully saturated rings. The fourth-order valence-electron chi connectivity index (χ4n) is 2.47. The van der Waals surface area contributed by atoms with Crippen LogP contribution >= 0.6 is 11.3 Å². The third kappa shape index (κ3) is 3.94. The van der Waals surface area contributed by atoms with Crippen LogP contribution in [0.3, 0.4) is 0 Å². The van der Waals surface area contributed by atoms with Crippen molar-refractivity contribution in [3.63, 3.8) is 0 Å². The Morgan fingerprint density at radius 3 is 2.76 bits per heavy atom. The second-order valence-electron chi connectivity index (χ2n) is 5.45. The van der Waals surface area contributed by atoms with Crippen molar-refractivity contribution in [1.82, 2.24) is 20.3 Å². The van der Waals surface area contributed by atoms with Crippen LogP contribution in [0.4, 0.5) is 5.82 Å². The summed E-state index contributed by atoms with van der Waals surface area (Å²) in [7, 11) is 0. The van der Waals surface area contributed by atoms with Crippen molar-refractivity contribution in [3.8, 4) is 0 Å². The van der Waals surface area contributed by atoms with Crippen molar-refractivity contribution in [3.05, 3.63) is 52.2 Å². The first kappa shape index (κ1) is 16.9. The Hall–Kier alpha value is -2.94. The number of thiophene rings is 1. The summed E-state index contributed by atoms with van der Waals surface area (Å²) in [6.07, 6.45) is 1.31. The average Bonchev–Trinajstić information content (AvgIpc) is 3.31. The smallest absolute Gasteiger partial charge is 0.314 e. The second kappa shape index (κ2) is 7.31. The van der Waals surface area contributed by atoms with E-state index in [0.29, 0.717) is 0 Å². The van der Waals surface area contributed by atoms with Gasteiger partial charge in [0.05, 0.1) is 5.69 Å². The lowest BCUT2D eigenvalue weighted by molar-refractivity contribution is -0.136. The van der Waals surface area contributed by atoms with Crippen LogP contribution in [0.15, 0.2) is 40.4 Å². The average molecular weight is 359 g/mol. The molecule has 0 aromatic carbocycles. The highest BCUT2D eigenvalue weighted by molar-refractivity contribution is 7.10. The summed E-state index contributed by atoms with van der Waals surface area (Å²) in [4.78, 5) is 25.0. The molecule has 0 bridgehead atoms. The molecule has 3 aromatic heterocycles. The van der Waals surface area contributed by atoms with Gasteiger partial charge in [-0.25, -0.2) is 0 Å². The predicted molar refractivity (Wildman–Crippen MR) is 92.3 cm³/mol. The topological polar surface area (TPSA) is 102 Å². The van der Waals surface area contributed by atoms with Gasteiger partial charge in [-0.2, -0.15) is 5.10 Å². The summed E-state index contributed by atoms with van der Waals surface area (Å²) in [6.45, 7) is 4.12. The van der Waals surface area contributed by atoms with Gasteiger partial charge in [0.25, 0.3) is 0 Å². The molecule has 3 rings (SSSR count). The van der Waals surface area contributed by atoms with Gasteiger partial charge in [-0.05, 0) is 31.4 Å². The zero-order valence-corrected chi connectivity index (χ0v) is 14.5. The van der Waals surface area contributed by atoms with Gasteiger partial charge in [0.1, 0.15) is 12.3 Å². The van der Waals surface area contributed by atoms with E-state index in [4.69, 9.17) is 0 Å². The van der Waals surface area contributed by atoms with Gasteiger partial charge in [-0.3, -0.25) is 19.6 Å². The summed E-state index contributed by atoms with van der Waals surface area (Å²) in [5.74, 6) is -1.35. The Morgan fingerprint density at radius 2 is 2.16 bits per heavy atom. The number of anilines is 1. The molecule has 0 unspecified atom stereocenters. The van der Waals surface area contributed by atoms with Crippen LogP contribution in [0.5, 0.6) is 0 Å². The maximum Gasteiger partial charge on any atom is 0.314 e. The Labute approximate surface area is 147 Å². The highest BCUT2D eigenvalue weighted by Crippen LogP contribution is 2.24. The van der Waals surface area contributed by atoms with Gasteiger partial charge in [0.15, 0.2) is 5.82 Å². The van der Waals surface area contributed by atoms with E-state index in [1.807, 2.05) is 42.1 Å². The van der Waals surface area contributed by atoms with Crippen molar-refractivity contribution in [2.24, 2.45) is 0 Å². The number of hydrogen-bond donors (Lipinski definition) is 2. The number of nitrogens with zero attached hydrogens (tertiary/aromatic N) is 3. The number of amides is 2. The lowest BCUT2D eigenvalue weighted by Crippen LogP contribution is -2.39. The standard InChI is InChI=1S/C16H17N5O3S/c1-10-8-11(2)21(19-10)12(13-4-3-7-25-13)9-17-15(22)16(23)18-14-5-6-24-20-14/h3-8,12H,9H2,1-2H3,(H,17,22)(H,18,20,23)/t12-/m0/s1. The largest absolute Gasteiger partial charge is 0.363 e. The number of carbonyl (C=O) groups is 2. The Bertz CT molecular complexity index is 855. The van der Waals surface area contributed by atoms with E-state index < -0.39 is 11.8 Å². The van der Waals surface area contributed by atoms with Crippen LogP contribution in [0.1, 0.15) is 22.3 Å². The van der Waals surface area contributed by atoms with Gasteiger partial charge in [0, 0.05) is 23.2 Å². The quantitative estimate of drug-likeness (QED) is 0.677. The fourth-order valence-corrected chi connectivity index (χ4v) is 3.28. The Kier molecular flexibility index (Phi) is 4.94. The molecule has 0 aliphatic rings. The molecule has 0 spiro atoms. The number of carbonyl (C=O) groups excluding carboxylic acids is 2. The van der Waals surface area contributed by atoms with Gasteiger partial charge >= 0.3 is 11.8 Å². The van der Waals surface area contributed by atoms with Crippen molar-refractivity contribution in [2.75, 3.05) is 11.9 Å². The molecule has 0 aliphatic carbocycles. The summed E-state index contributed by atoms with van der Waals surface area (Å²) >= 11 is 1.57. The van der Waals surface area contributed by atoms with Crippen molar-refractivity contribution in [2.45, 2.75) is 19.9 Å². The van der Waals surface area contributed by atoms with E-state index in [1.165, 1.54) is 12.3 Å². The van der Waals surface area contributed by atoms with Crippen LogP contribution in [0, 0.1) is 13.8 Å². The number of hydrogen-bond acceptors (Lipinski definition) is 6. The molecular formula is C16H17N5O3S. The van der Waals surface area contributed by atoms with Crippen LogP contribution in [-0.4, -0.2) is 33.3 Å². The minimum absolute atomic E-state index is 0.183. The monoisotopic (exact) mass is 359 g/mol. The highest BCUT2D eigenvalue weighted by atomic mass is 32.1. The molecule has 0 saturated carbocycles. The molecule has 2 amide bonds. The Morgan fingerprint density at radius 1 is 1.32 bits per heavy atom. The van der Waals surface area contributed by atoms with E-state index in [2.05, 4.69) is 25.4 Å². The van der Waals surface area contributed by atoms with E-state index in [9.17, 15) is 9.59 Å². The fraction of sp³-hybridized carbons (Fsp3) is 0.250. The normalized spacial score (nSPS) is 11.9. The first-order valence-electron chi connectivity index (χ1n) is 7.60. The maximum absolute atomic E-state index is 12.1. The van der Waals surface area contributed by atoms with Gasteiger partial charge in [-0.15, -0.1) is 11.3 Å². The third-order valence-electron chi connectivity index (χ3n) is 3.55. The molecule has 0 aliphatic heterocycles. The summed E-state index contributed by atoms with van der Waals surface area (Å²) < 4.78 is 6.47. The van der Waals surface area contributed by atoms with E-state index in [0.717, 1.165) is 16.3 Å². The van der Waals surface area contributed by atoms with Crippen molar-refractivity contribution in [1.29, 1.82) is 0 Å². The molecule has 130 valence electrons. The molecule has 25 heavy (non-hydrogen) atoms. The molecule has 3 aromatic rings. The van der Waals surface area contributed by atoms with Gasteiger partial charge in [0.2, 0.25) is 0 Å². The lowest BCUT2D eigenvalue weighted by atomic mass is 10.2. The maximum atomic E-state index is 12.1.